The molecular weight excluding hydrogens is 655 g/mol. The summed E-state index contributed by atoms with van der Waals surface area (Å²) in [7, 11) is 0. The van der Waals surface area contributed by atoms with Crippen molar-refractivity contribution in [3.8, 4) is 62.1 Å². The summed E-state index contributed by atoms with van der Waals surface area (Å²) in [5.41, 5.74) is 11.4. The van der Waals surface area contributed by atoms with Gasteiger partial charge in [0.15, 0.2) is 5.82 Å². The maximum Gasteiger partial charge on any atom is 0.160 e. The van der Waals surface area contributed by atoms with Crippen molar-refractivity contribution in [3.05, 3.63) is 194 Å². The molecule has 10 aromatic rings. The molecule has 0 amide bonds. The molecule has 0 saturated carbocycles. The van der Waals surface area contributed by atoms with Crippen LogP contribution in [-0.2, 0) is 0 Å². The Morgan fingerprint density at radius 1 is 0.352 bits per heavy atom. The molecule has 250 valence electrons. The van der Waals surface area contributed by atoms with Gasteiger partial charge in [0.25, 0.3) is 0 Å². The van der Waals surface area contributed by atoms with Gasteiger partial charge in [0.05, 0.1) is 22.8 Å². The number of nitriles is 1. The molecule has 0 unspecified atom stereocenters. The van der Waals surface area contributed by atoms with Gasteiger partial charge in [-0.3, -0.25) is 0 Å². The van der Waals surface area contributed by atoms with Crippen LogP contribution in [0.2, 0.25) is 0 Å². The topological polar surface area (TPSA) is 49.6 Å². The summed E-state index contributed by atoms with van der Waals surface area (Å²) in [6.45, 7) is 0. The summed E-state index contributed by atoms with van der Waals surface area (Å²) in [4.78, 5) is 10.5. The van der Waals surface area contributed by atoms with Crippen LogP contribution in [0.25, 0.3) is 99.2 Å². The van der Waals surface area contributed by atoms with Gasteiger partial charge < -0.3 is 0 Å². The second-order valence-corrected chi connectivity index (χ2v) is 13.7. The Morgan fingerprint density at radius 2 is 0.907 bits per heavy atom. The van der Waals surface area contributed by atoms with Crippen LogP contribution in [0.4, 0.5) is 0 Å². The fourth-order valence-corrected chi connectivity index (χ4v) is 7.87. The molecule has 0 aliphatic heterocycles. The molecule has 3 heteroatoms. The number of hydrogen-bond acceptors (Lipinski definition) is 3. The van der Waals surface area contributed by atoms with E-state index in [-0.39, 0.29) is 0 Å². The lowest BCUT2D eigenvalue weighted by Crippen LogP contribution is -1.96. The van der Waals surface area contributed by atoms with Gasteiger partial charge in [0.2, 0.25) is 0 Å². The van der Waals surface area contributed by atoms with E-state index < -0.39 is 0 Å². The molecule has 0 radical (unpaired) electrons. The number of benzene rings is 9. The highest BCUT2D eigenvalue weighted by molar-refractivity contribution is 6.14. The Morgan fingerprint density at radius 3 is 1.65 bits per heavy atom. The lowest BCUT2D eigenvalue weighted by Gasteiger charge is -2.15. The first-order valence-corrected chi connectivity index (χ1v) is 18.1. The molecule has 54 heavy (non-hydrogen) atoms. The smallest absolute Gasteiger partial charge is 0.160 e. The molecule has 0 atom stereocenters. The minimum atomic E-state index is 0.661. The second-order valence-electron chi connectivity index (χ2n) is 13.7. The molecule has 0 fully saturated rings. The van der Waals surface area contributed by atoms with Crippen molar-refractivity contribution in [2.24, 2.45) is 0 Å². The molecule has 3 nitrogen and oxygen atoms in total. The first-order valence-electron chi connectivity index (χ1n) is 18.1. The summed E-state index contributed by atoms with van der Waals surface area (Å²) >= 11 is 0. The summed E-state index contributed by atoms with van der Waals surface area (Å²) in [5.74, 6) is 0.696. The van der Waals surface area contributed by atoms with E-state index in [4.69, 9.17) is 9.97 Å². The van der Waals surface area contributed by atoms with Gasteiger partial charge in [-0.1, -0.05) is 158 Å². The number of rotatable bonds is 5. The summed E-state index contributed by atoms with van der Waals surface area (Å²) in [6, 6.07) is 68.1. The molecule has 0 aliphatic rings. The largest absolute Gasteiger partial charge is 0.228 e. The van der Waals surface area contributed by atoms with E-state index in [2.05, 4.69) is 164 Å². The molecule has 0 spiro atoms. The Kier molecular flexibility index (Phi) is 7.53. The van der Waals surface area contributed by atoms with Crippen LogP contribution < -0.4 is 0 Å². The Hall–Kier alpha value is -7.41. The minimum Gasteiger partial charge on any atom is -0.228 e. The highest BCUT2D eigenvalue weighted by Gasteiger charge is 2.17. The van der Waals surface area contributed by atoms with E-state index in [1.165, 1.54) is 27.1 Å². The maximum absolute atomic E-state index is 9.21. The summed E-state index contributed by atoms with van der Waals surface area (Å²) < 4.78 is 0. The van der Waals surface area contributed by atoms with E-state index in [9.17, 15) is 5.26 Å². The van der Waals surface area contributed by atoms with E-state index in [1.54, 1.807) is 0 Å². The predicted molar refractivity (Wildman–Crippen MR) is 224 cm³/mol. The van der Waals surface area contributed by atoms with Gasteiger partial charge in [-0.2, -0.15) is 5.26 Å². The third-order valence-electron chi connectivity index (χ3n) is 10.5. The average molecular weight is 686 g/mol. The maximum atomic E-state index is 9.21. The highest BCUT2D eigenvalue weighted by Crippen LogP contribution is 2.40. The molecule has 10 rings (SSSR count). The second kappa shape index (κ2) is 13.0. The average Bonchev–Trinajstić information content (AvgIpc) is 3.25. The van der Waals surface area contributed by atoms with Crippen molar-refractivity contribution >= 4 is 43.2 Å². The van der Waals surface area contributed by atoms with E-state index in [0.29, 0.717) is 11.4 Å². The van der Waals surface area contributed by atoms with Gasteiger partial charge in [0.1, 0.15) is 0 Å². The molecule has 9 aromatic carbocycles. The predicted octanol–water partition coefficient (Wildman–Crippen LogP) is 13.3. The van der Waals surface area contributed by atoms with E-state index in [0.717, 1.165) is 66.3 Å². The van der Waals surface area contributed by atoms with Crippen LogP contribution >= 0.6 is 0 Å². The van der Waals surface area contributed by atoms with Crippen molar-refractivity contribution in [1.82, 2.24) is 9.97 Å². The lowest BCUT2D eigenvalue weighted by molar-refractivity contribution is 1.23. The number of fused-ring (bicyclic) bond motifs is 5. The Bertz CT molecular complexity index is 3100. The number of nitrogens with zero attached hydrogens (tertiary/aromatic N) is 3. The van der Waals surface area contributed by atoms with Crippen LogP contribution in [0.3, 0.4) is 0 Å². The Labute approximate surface area is 313 Å². The number of para-hydroxylation sites is 1. The fraction of sp³-hybridized carbons (Fsp3) is 0. The van der Waals surface area contributed by atoms with Crippen molar-refractivity contribution in [1.29, 1.82) is 5.26 Å². The lowest BCUT2D eigenvalue weighted by atomic mass is 9.91. The third kappa shape index (κ3) is 5.37. The van der Waals surface area contributed by atoms with Gasteiger partial charge >= 0.3 is 0 Å². The normalized spacial score (nSPS) is 11.3. The molecular formula is C51H31N3. The number of hydrogen-bond donors (Lipinski definition) is 0. The molecule has 1 aromatic heterocycles. The van der Waals surface area contributed by atoms with Crippen LogP contribution in [0.1, 0.15) is 5.56 Å². The van der Waals surface area contributed by atoms with Crippen LogP contribution in [0.5, 0.6) is 0 Å². The zero-order valence-corrected chi connectivity index (χ0v) is 29.2. The third-order valence-corrected chi connectivity index (χ3v) is 10.5. The first kappa shape index (κ1) is 31.3. The van der Waals surface area contributed by atoms with Crippen molar-refractivity contribution in [2.45, 2.75) is 0 Å². The molecule has 0 bridgehead atoms. The van der Waals surface area contributed by atoms with Gasteiger partial charge in [-0.05, 0) is 96.0 Å². The monoisotopic (exact) mass is 685 g/mol. The van der Waals surface area contributed by atoms with Gasteiger partial charge in [-0.25, -0.2) is 9.97 Å². The zero-order valence-electron chi connectivity index (χ0n) is 29.2. The minimum absolute atomic E-state index is 0.661. The SMILES string of the molecule is N#Cc1ccc(-c2ccc(-c3ccc(-c4nc(-c5cccc(-c6cc7ccccc7c7ccccc67)c5)nc5ccccc45)c4ccccc34)cc2)cc1. The van der Waals surface area contributed by atoms with Crippen molar-refractivity contribution in [2.75, 3.05) is 0 Å². The first-order chi connectivity index (χ1) is 26.7. The molecule has 0 aliphatic carbocycles. The highest BCUT2D eigenvalue weighted by atomic mass is 14.9. The molecule has 0 N–H and O–H groups in total. The van der Waals surface area contributed by atoms with E-state index >= 15 is 0 Å². The Balaban J connectivity index is 1.09. The summed E-state index contributed by atoms with van der Waals surface area (Å²) in [6.07, 6.45) is 0. The van der Waals surface area contributed by atoms with Crippen LogP contribution in [-0.4, -0.2) is 9.97 Å². The molecule has 1 heterocycles. The van der Waals surface area contributed by atoms with Gasteiger partial charge in [0, 0.05) is 16.5 Å². The summed E-state index contributed by atoms with van der Waals surface area (Å²) in [5, 5.41) is 17.5. The molecule has 0 saturated heterocycles. The quantitative estimate of drug-likeness (QED) is 0.169. The number of aromatic nitrogens is 2. The van der Waals surface area contributed by atoms with E-state index in [1.807, 2.05) is 30.3 Å². The standard InChI is InChI=1S/C51H31N3/c52-32-33-20-22-34(23-21-33)35-24-26-36(27-25-35)41-28-29-46(44-16-5-3-15-43(41)44)50-47-18-7-8-19-49(47)53-51(54-50)39-12-9-11-37(30-39)48-31-38-10-1-2-13-40(38)42-14-4-6-17-45(42)48/h1-31H. The fourth-order valence-electron chi connectivity index (χ4n) is 7.87. The van der Waals surface area contributed by atoms with Crippen molar-refractivity contribution in [3.63, 3.8) is 0 Å². The van der Waals surface area contributed by atoms with Crippen molar-refractivity contribution < 1.29 is 0 Å². The van der Waals surface area contributed by atoms with Crippen LogP contribution in [0.15, 0.2) is 188 Å². The zero-order chi connectivity index (χ0) is 36.0. The van der Waals surface area contributed by atoms with Gasteiger partial charge in [-0.15, -0.1) is 0 Å². The van der Waals surface area contributed by atoms with Crippen LogP contribution in [0, 0.1) is 11.3 Å².